The van der Waals surface area contributed by atoms with Crippen LogP contribution in [0.2, 0.25) is 0 Å². The van der Waals surface area contributed by atoms with Gasteiger partial charge in [-0.25, -0.2) is 0 Å². The van der Waals surface area contributed by atoms with E-state index in [0.29, 0.717) is 12.5 Å². The summed E-state index contributed by atoms with van der Waals surface area (Å²) in [7, 11) is 2.07. The number of hydrogen-bond donors (Lipinski definition) is 1. The minimum atomic E-state index is 0.212. The van der Waals surface area contributed by atoms with Gasteiger partial charge < -0.3 is 9.88 Å². The Morgan fingerprint density at radius 3 is 2.61 bits per heavy atom. The number of hydrogen-bond acceptors (Lipinski definition) is 1. The molecule has 0 aliphatic heterocycles. The Labute approximate surface area is 139 Å². The van der Waals surface area contributed by atoms with Gasteiger partial charge in [0, 0.05) is 36.6 Å². The van der Waals surface area contributed by atoms with Gasteiger partial charge in [-0.2, -0.15) is 0 Å². The first-order chi connectivity index (χ1) is 11.2. The van der Waals surface area contributed by atoms with E-state index in [-0.39, 0.29) is 5.91 Å². The van der Waals surface area contributed by atoms with Crippen LogP contribution >= 0.6 is 0 Å². The molecule has 0 spiro atoms. The molecule has 1 fully saturated rings. The molecule has 1 amide bonds. The van der Waals surface area contributed by atoms with Crippen molar-refractivity contribution in [3.05, 3.63) is 36.0 Å². The first kappa shape index (κ1) is 16.1. The number of amides is 1. The number of benzene rings is 1. The fourth-order valence-corrected chi connectivity index (χ4v) is 3.77. The summed E-state index contributed by atoms with van der Waals surface area (Å²) >= 11 is 0. The summed E-state index contributed by atoms with van der Waals surface area (Å²) < 4.78 is 2.15. The van der Waals surface area contributed by atoms with Crippen molar-refractivity contribution in [2.45, 2.75) is 63.8 Å². The average Bonchev–Trinajstić information content (AvgIpc) is 2.85. The molecule has 0 saturated heterocycles. The van der Waals surface area contributed by atoms with Crippen LogP contribution < -0.4 is 5.32 Å². The molecular formula is C20H28N2O. The monoisotopic (exact) mass is 312 g/mol. The molecule has 3 heteroatoms. The summed E-state index contributed by atoms with van der Waals surface area (Å²) in [4.78, 5) is 12.3. The molecule has 1 aliphatic rings. The van der Waals surface area contributed by atoms with Crippen molar-refractivity contribution in [3.8, 4) is 0 Å². The minimum Gasteiger partial charge on any atom is -0.353 e. The maximum Gasteiger partial charge on any atom is 0.220 e. The summed E-state index contributed by atoms with van der Waals surface area (Å²) in [5.74, 6) is 0.212. The van der Waals surface area contributed by atoms with E-state index in [0.717, 1.165) is 19.3 Å². The van der Waals surface area contributed by atoms with Crippen LogP contribution in [0.3, 0.4) is 0 Å². The molecule has 23 heavy (non-hydrogen) atoms. The number of carbonyl (C=O) groups excluding carboxylic acids is 1. The van der Waals surface area contributed by atoms with Gasteiger partial charge in [0.05, 0.1) is 0 Å². The maximum absolute atomic E-state index is 12.3. The second-order valence-corrected chi connectivity index (χ2v) is 6.89. The molecule has 1 heterocycles. The normalized spacial score (nSPS) is 16.9. The fourth-order valence-electron chi connectivity index (χ4n) is 3.77. The van der Waals surface area contributed by atoms with Gasteiger partial charge in [-0.15, -0.1) is 0 Å². The lowest BCUT2D eigenvalue weighted by Crippen LogP contribution is -2.35. The number of carbonyl (C=O) groups is 1. The van der Waals surface area contributed by atoms with Gasteiger partial charge in [0.15, 0.2) is 0 Å². The van der Waals surface area contributed by atoms with Gasteiger partial charge in [0.25, 0.3) is 0 Å². The van der Waals surface area contributed by atoms with Crippen LogP contribution in [0, 0.1) is 0 Å². The highest BCUT2D eigenvalue weighted by atomic mass is 16.1. The van der Waals surface area contributed by atoms with Crippen molar-refractivity contribution in [3.63, 3.8) is 0 Å². The van der Waals surface area contributed by atoms with Gasteiger partial charge >= 0.3 is 0 Å². The number of para-hydroxylation sites is 1. The predicted molar refractivity (Wildman–Crippen MR) is 95.5 cm³/mol. The Morgan fingerprint density at radius 1 is 1.13 bits per heavy atom. The average molecular weight is 312 g/mol. The van der Waals surface area contributed by atoms with Gasteiger partial charge in [-0.1, -0.05) is 50.3 Å². The topological polar surface area (TPSA) is 34.0 Å². The molecule has 0 unspecified atom stereocenters. The lowest BCUT2D eigenvalue weighted by Gasteiger charge is -2.21. The van der Waals surface area contributed by atoms with E-state index in [4.69, 9.17) is 0 Å². The molecule has 2 aromatic rings. The highest BCUT2D eigenvalue weighted by molar-refractivity contribution is 5.85. The van der Waals surface area contributed by atoms with E-state index in [1.165, 1.54) is 48.6 Å². The molecule has 1 aromatic heterocycles. The number of nitrogens with one attached hydrogen (secondary N) is 1. The summed E-state index contributed by atoms with van der Waals surface area (Å²) in [6, 6.07) is 8.81. The van der Waals surface area contributed by atoms with Crippen LogP contribution in [0.1, 0.15) is 56.9 Å². The van der Waals surface area contributed by atoms with Crippen molar-refractivity contribution in [2.75, 3.05) is 0 Å². The highest BCUT2D eigenvalue weighted by Crippen LogP contribution is 2.22. The maximum atomic E-state index is 12.3. The van der Waals surface area contributed by atoms with Gasteiger partial charge in [0.2, 0.25) is 5.91 Å². The van der Waals surface area contributed by atoms with E-state index in [9.17, 15) is 4.79 Å². The van der Waals surface area contributed by atoms with Crippen molar-refractivity contribution < 1.29 is 4.79 Å². The molecule has 124 valence electrons. The second kappa shape index (κ2) is 7.67. The van der Waals surface area contributed by atoms with Crippen LogP contribution in [0.5, 0.6) is 0 Å². The Kier molecular flexibility index (Phi) is 5.37. The van der Waals surface area contributed by atoms with E-state index in [2.05, 4.69) is 47.4 Å². The van der Waals surface area contributed by atoms with Crippen molar-refractivity contribution in [1.29, 1.82) is 0 Å². The molecule has 1 aromatic carbocycles. The zero-order valence-corrected chi connectivity index (χ0v) is 14.2. The third-order valence-electron chi connectivity index (χ3n) is 5.07. The number of aryl methyl sites for hydroxylation is 2. The van der Waals surface area contributed by atoms with Crippen LogP contribution in [0.25, 0.3) is 10.9 Å². The minimum absolute atomic E-state index is 0.212. The summed E-state index contributed by atoms with van der Waals surface area (Å²) in [5.41, 5.74) is 2.51. The summed E-state index contributed by atoms with van der Waals surface area (Å²) in [6.45, 7) is 0. The molecule has 0 radical (unpaired) electrons. The van der Waals surface area contributed by atoms with Gasteiger partial charge in [-0.05, 0) is 30.9 Å². The van der Waals surface area contributed by atoms with Gasteiger partial charge in [0.1, 0.15) is 0 Å². The van der Waals surface area contributed by atoms with Crippen molar-refractivity contribution in [1.82, 2.24) is 9.88 Å². The standard InChI is InChI=1S/C20H28N2O/c1-22-15-16(18-11-7-8-12-19(18)22)13-14-20(23)21-17-9-5-3-2-4-6-10-17/h7-8,11-12,15,17H,2-6,9-10,13-14H2,1H3,(H,21,23). The number of rotatable bonds is 4. The zero-order valence-electron chi connectivity index (χ0n) is 14.2. The van der Waals surface area contributed by atoms with Gasteiger partial charge in [-0.3, -0.25) is 4.79 Å². The highest BCUT2D eigenvalue weighted by Gasteiger charge is 2.14. The van der Waals surface area contributed by atoms with Crippen LogP contribution in [-0.2, 0) is 18.3 Å². The molecule has 3 nitrogen and oxygen atoms in total. The van der Waals surface area contributed by atoms with E-state index in [1.807, 2.05) is 0 Å². The third kappa shape index (κ3) is 4.15. The zero-order chi connectivity index (χ0) is 16.1. The Balaban J connectivity index is 1.55. The second-order valence-electron chi connectivity index (χ2n) is 6.89. The SMILES string of the molecule is Cn1cc(CCC(=O)NC2CCCCCCC2)c2ccccc21. The lowest BCUT2D eigenvalue weighted by molar-refractivity contribution is -0.121. The van der Waals surface area contributed by atoms with Crippen LogP contribution in [0.4, 0.5) is 0 Å². The molecule has 1 N–H and O–H groups in total. The third-order valence-corrected chi connectivity index (χ3v) is 5.07. The number of nitrogens with zero attached hydrogens (tertiary/aromatic N) is 1. The Bertz CT molecular complexity index is 651. The number of fused-ring (bicyclic) bond motifs is 1. The van der Waals surface area contributed by atoms with Crippen LogP contribution in [0.15, 0.2) is 30.5 Å². The summed E-state index contributed by atoms with van der Waals surface area (Å²) in [6.07, 6.45) is 12.4. The molecule has 3 rings (SSSR count). The Morgan fingerprint density at radius 2 is 1.83 bits per heavy atom. The Hall–Kier alpha value is -1.77. The quantitative estimate of drug-likeness (QED) is 0.895. The fraction of sp³-hybridized carbons (Fsp3) is 0.550. The van der Waals surface area contributed by atoms with Crippen molar-refractivity contribution >= 4 is 16.8 Å². The van der Waals surface area contributed by atoms with Crippen molar-refractivity contribution in [2.24, 2.45) is 7.05 Å². The molecule has 1 saturated carbocycles. The first-order valence-electron chi connectivity index (χ1n) is 9.06. The number of aromatic nitrogens is 1. The molecular weight excluding hydrogens is 284 g/mol. The van der Waals surface area contributed by atoms with Crippen LogP contribution in [-0.4, -0.2) is 16.5 Å². The smallest absolute Gasteiger partial charge is 0.220 e. The summed E-state index contributed by atoms with van der Waals surface area (Å²) in [5, 5.41) is 4.54. The van der Waals surface area contributed by atoms with E-state index < -0.39 is 0 Å². The molecule has 0 atom stereocenters. The lowest BCUT2D eigenvalue weighted by atomic mass is 9.96. The van der Waals surface area contributed by atoms with E-state index in [1.54, 1.807) is 0 Å². The predicted octanol–water partition coefficient (Wildman–Crippen LogP) is 4.34. The first-order valence-corrected chi connectivity index (χ1v) is 9.06. The largest absolute Gasteiger partial charge is 0.353 e. The molecule has 0 bridgehead atoms. The molecule has 1 aliphatic carbocycles. The van der Waals surface area contributed by atoms with E-state index >= 15 is 0 Å².